The van der Waals surface area contributed by atoms with Crippen LogP contribution in [0.25, 0.3) is 20.4 Å². The third-order valence-corrected chi connectivity index (χ3v) is 7.94. The maximum atomic E-state index is 5.66. The molecule has 1 N–H and O–H groups in total. The van der Waals surface area contributed by atoms with E-state index in [1.54, 1.807) is 28.9 Å². The number of nitrogens with one attached hydrogen (secondary N) is 1. The number of quaternary nitrogens is 1. The van der Waals surface area contributed by atoms with Gasteiger partial charge < -0.3 is 4.42 Å². The highest BCUT2D eigenvalue weighted by atomic mass is 32.1. The van der Waals surface area contributed by atoms with Crippen molar-refractivity contribution in [3.63, 3.8) is 0 Å². The SMILES string of the molecule is Cc1ccc2nc(N3CN(c4nc5ccc(C)cc5s4)C[NH+](Cc4ccco4)C3)sc2c1. The fourth-order valence-electron chi connectivity index (χ4n) is 4.23. The number of hydrogen-bond acceptors (Lipinski definition) is 7. The molecule has 8 heteroatoms. The summed E-state index contributed by atoms with van der Waals surface area (Å²) in [5.74, 6) is 1.00. The first-order valence-electron chi connectivity index (χ1n) is 10.7. The largest absolute Gasteiger partial charge is 0.463 e. The van der Waals surface area contributed by atoms with E-state index in [0.29, 0.717) is 0 Å². The van der Waals surface area contributed by atoms with Crippen molar-refractivity contribution in [2.75, 3.05) is 29.8 Å². The van der Waals surface area contributed by atoms with Crippen LogP contribution in [0.5, 0.6) is 0 Å². The van der Waals surface area contributed by atoms with Gasteiger partial charge in [-0.2, -0.15) is 0 Å². The Morgan fingerprint density at radius 2 is 1.47 bits per heavy atom. The Bertz CT molecular complexity index is 1300. The smallest absolute Gasteiger partial charge is 0.192 e. The number of benzene rings is 2. The fourth-order valence-corrected chi connectivity index (χ4v) is 6.34. The van der Waals surface area contributed by atoms with Crippen molar-refractivity contribution in [3.8, 4) is 0 Å². The summed E-state index contributed by atoms with van der Waals surface area (Å²) in [4.78, 5) is 16.1. The highest BCUT2D eigenvalue weighted by molar-refractivity contribution is 7.22. The minimum atomic E-state index is 0.777. The maximum absolute atomic E-state index is 5.66. The van der Waals surface area contributed by atoms with Crippen molar-refractivity contribution in [1.29, 1.82) is 0 Å². The first-order valence-corrected chi connectivity index (χ1v) is 12.3. The van der Waals surface area contributed by atoms with Gasteiger partial charge in [-0.05, 0) is 61.4 Å². The van der Waals surface area contributed by atoms with Gasteiger partial charge in [-0.15, -0.1) is 0 Å². The second-order valence-electron chi connectivity index (χ2n) is 8.48. The quantitative estimate of drug-likeness (QED) is 0.429. The summed E-state index contributed by atoms with van der Waals surface area (Å²) in [5.41, 5.74) is 4.66. The number of aromatic nitrogens is 2. The fraction of sp³-hybridized carbons (Fsp3) is 0.250. The molecule has 0 radical (unpaired) electrons. The normalized spacial score (nSPS) is 15.3. The molecule has 1 aliphatic rings. The van der Waals surface area contributed by atoms with Crippen LogP contribution in [0.3, 0.4) is 0 Å². The summed E-state index contributed by atoms with van der Waals surface area (Å²) in [6.07, 6.45) is 1.75. The Morgan fingerprint density at radius 1 is 0.875 bits per heavy atom. The molecule has 32 heavy (non-hydrogen) atoms. The molecule has 0 amide bonds. The maximum Gasteiger partial charge on any atom is 0.192 e. The molecule has 3 aromatic heterocycles. The number of nitrogens with zero attached hydrogens (tertiary/aromatic N) is 4. The number of aryl methyl sites for hydroxylation is 2. The van der Waals surface area contributed by atoms with E-state index in [1.807, 2.05) is 6.07 Å². The molecule has 0 saturated carbocycles. The molecule has 6 rings (SSSR count). The number of thiazole rings is 2. The van der Waals surface area contributed by atoms with Crippen molar-refractivity contribution in [3.05, 3.63) is 71.7 Å². The second kappa shape index (κ2) is 7.88. The zero-order valence-electron chi connectivity index (χ0n) is 18.0. The van der Waals surface area contributed by atoms with E-state index < -0.39 is 0 Å². The van der Waals surface area contributed by atoms with Crippen molar-refractivity contribution >= 4 is 53.4 Å². The molecule has 4 heterocycles. The molecule has 5 aromatic rings. The zero-order valence-corrected chi connectivity index (χ0v) is 19.7. The molecule has 0 atom stereocenters. The number of fused-ring (bicyclic) bond motifs is 2. The Balaban J connectivity index is 1.35. The molecule has 1 saturated heterocycles. The predicted molar refractivity (Wildman–Crippen MR) is 132 cm³/mol. The molecule has 6 nitrogen and oxygen atoms in total. The Kier molecular flexibility index (Phi) is 4.86. The topological polar surface area (TPSA) is 49.8 Å². The summed E-state index contributed by atoms with van der Waals surface area (Å²) in [6, 6.07) is 17.0. The molecule has 1 aliphatic heterocycles. The highest BCUT2D eigenvalue weighted by Crippen LogP contribution is 2.32. The molecule has 1 fully saturated rings. The van der Waals surface area contributed by atoms with Gasteiger partial charge in [0.05, 0.1) is 26.7 Å². The summed E-state index contributed by atoms with van der Waals surface area (Å²) in [5, 5.41) is 2.12. The molecular formula is C24H24N5OS2+. The van der Waals surface area contributed by atoms with Crippen LogP contribution < -0.4 is 14.7 Å². The molecule has 0 bridgehead atoms. The zero-order chi connectivity index (χ0) is 21.7. The lowest BCUT2D eigenvalue weighted by atomic mass is 10.2. The van der Waals surface area contributed by atoms with E-state index in [4.69, 9.17) is 14.4 Å². The monoisotopic (exact) mass is 462 g/mol. The highest BCUT2D eigenvalue weighted by Gasteiger charge is 2.31. The third kappa shape index (κ3) is 3.74. The standard InChI is InChI=1S/C24H23N5OS2/c1-16-5-7-19-21(10-16)31-23(25-19)28-13-27(12-18-4-3-9-30-18)14-29(15-28)24-26-20-8-6-17(2)11-22(20)32-24/h3-11H,12-15H2,1-2H3/p+1. The summed E-state index contributed by atoms with van der Waals surface area (Å²) >= 11 is 3.53. The van der Waals surface area contributed by atoms with E-state index in [9.17, 15) is 0 Å². The van der Waals surface area contributed by atoms with Crippen LogP contribution in [0.2, 0.25) is 0 Å². The van der Waals surface area contributed by atoms with Gasteiger partial charge in [0.2, 0.25) is 0 Å². The number of furan rings is 1. The van der Waals surface area contributed by atoms with Crippen LogP contribution in [-0.2, 0) is 6.54 Å². The van der Waals surface area contributed by atoms with Crippen molar-refractivity contribution < 1.29 is 9.32 Å². The van der Waals surface area contributed by atoms with Crippen molar-refractivity contribution in [2.45, 2.75) is 20.4 Å². The Morgan fingerprint density at radius 3 is 2.00 bits per heavy atom. The minimum absolute atomic E-state index is 0.777. The lowest BCUT2D eigenvalue weighted by molar-refractivity contribution is -0.917. The van der Waals surface area contributed by atoms with Gasteiger partial charge >= 0.3 is 0 Å². The number of hydrogen-bond donors (Lipinski definition) is 1. The average Bonchev–Trinajstić information content (AvgIpc) is 3.52. The van der Waals surface area contributed by atoms with Gasteiger partial charge in [0.1, 0.15) is 13.2 Å². The molecule has 2 aromatic carbocycles. The van der Waals surface area contributed by atoms with E-state index in [1.165, 1.54) is 25.4 Å². The minimum Gasteiger partial charge on any atom is -0.463 e. The number of rotatable bonds is 4. The van der Waals surface area contributed by atoms with Crippen LogP contribution >= 0.6 is 22.7 Å². The van der Waals surface area contributed by atoms with Crippen LogP contribution in [0.1, 0.15) is 16.9 Å². The van der Waals surface area contributed by atoms with E-state index in [2.05, 4.69) is 66.1 Å². The molecule has 162 valence electrons. The number of anilines is 2. The summed E-state index contributed by atoms with van der Waals surface area (Å²) < 4.78 is 8.13. The van der Waals surface area contributed by atoms with Crippen LogP contribution in [-0.4, -0.2) is 30.0 Å². The Hall–Kier alpha value is -2.94. The summed E-state index contributed by atoms with van der Waals surface area (Å²) in [7, 11) is 0. The van der Waals surface area contributed by atoms with Crippen LogP contribution in [0.4, 0.5) is 10.3 Å². The van der Waals surface area contributed by atoms with Gasteiger partial charge in [-0.25, -0.2) is 9.97 Å². The third-order valence-electron chi connectivity index (χ3n) is 5.78. The first kappa shape index (κ1) is 19.7. The Labute approximate surface area is 194 Å². The van der Waals surface area contributed by atoms with E-state index in [-0.39, 0.29) is 0 Å². The van der Waals surface area contributed by atoms with E-state index >= 15 is 0 Å². The molecule has 0 spiro atoms. The summed E-state index contributed by atoms with van der Waals surface area (Å²) in [6.45, 7) is 7.62. The second-order valence-corrected chi connectivity index (χ2v) is 10.5. The lowest BCUT2D eigenvalue weighted by Gasteiger charge is -2.39. The molecule has 0 unspecified atom stereocenters. The lowest BCUT2D eigenvalue weighted by Crippen LogP contribution is -3.16. The first-order chi connectivity index (χ1) is 15.6. The van der Waals surface area contributed by atoms with Gasteiger partial charge in [0.15, 0.2) is 29.4 Å². The van der Waals surface area contributed by atoms with Crippen molar-refractivity contribution in [2.24, 2.45) is 0 Å². The van der Waals surface area contributed by atoms with Gasteiger partial charge in [-0.1, -0.05) is 34.8 Å². The van der Waals surface area contributed by atoms with Gasteiger partial charge in [0.25, 0.3) is 0 Å². The van der Waals surface area contributed by atoms with Gasteiger partial charge in [-0.3, -0.25) is 14.7 Å². The van der Waals surface area contributed by atoms with Crippen LogP contribution in [0, 0.1) is 13.8 Å². The van der Waals surface area contributed by atoms with Gasteiger partial charge in [0, 0.05) is 0 Å². The average molecular weight is 463 g/mol. The molecule has 0 aliphatic carbocycles. The predicted octanol–water partition coefficient (Wildman–Crippen LogP) is 4.40. The van der Waals surface area contributed by atoms with E-state index in [0.717, 1.165) is 53.6 Å². The molecular weight excluding hydrogens is 438 g/mol. The van der Waals surface area contributed by atoms with Crippen LogP contribution in [0.15, 0.2) is 59.2 Å². The van der Waals surface area contributed by atoms with Crippen molar-refractivity contribution in [1.82, 2.24) is 9.97 Å².